The van der Waals surface area contributed by atoms with Crippen molar-refractivity contribution >= 4 is 34.2 Å². The van der Waals surface area contributed by atoms with Crippen molar-refractivity contribution in [1.29, 1.82) is 0 Å². The zero-order valence-corrected chi connectivity index (χ0v) is 13.9. The van der Waals surface area contributed by atoms with E-state index in [2.05, 4.69) is 40.0 Å². The number of carbonyl (C=O) groups excluding carboxylic acids is 1. The van der Waals surface area contributed by atoms with E-state index in [1.54, 1.807) is 0 Å². The zero-order chi connectivity index (χ0) is 15.4. The summed E-state index contributed by atoms with van der Waals surface area (Å²) in [7, 11) is 0. The van der Waals surface area contributed by atoms with Gasteiger partial charge in [-0.25, -0.2) is 0 Å². The second-order valence-corrected chi connectivity index (χ2v) is 6.04. The van der Waals surface area contributed by atoms with Crippen molar-refractivity contribution in [2.45, 2.75) is 0 Å². The van der Waals surface area contributed by atoms with Crippen LogP contribution >= 0.6 is 22.6 Å². The minimum atomic E-state index is -0.0938. The molecule has 3 heteroatoms. The predicted molar refractivity (Wildman–Crippen MR) is 99.0 cm³/mol. The highest BCUT2D eigenvalue weighted by Crippen LogP contribution is 2.21. The Morgan fingerprint density at radius 3 is 2.00 bits per heavy atom. The van der Waals surface area contributed by atoms with Gasteiger partial charge >= 0.3 is 0 Å². The van der Waals surface area contributed by atoms with Gasteiger partial charge in [0.05, 0.1) is 5.69 Å². The largest absolute Gasteiger partial charge is 0.321 e. The Morgan fingerprint density at radius 1 is 0.727 bits per heavy atom. The smallest absolute Gasteiger partial charge is 0.255 e. The normalized spacial score (nSPS) is 10.2. The molecule has 2 nitrogen and oxygen atoms in total. The van der Waals surface area contributed by atoms with Crippen LogP contribution in [0.3, 0.4) is 0 Å². The maximum absolute atomic E-state index is 12.3. The van der Waals surface area contributed by atoms with Gasteiger partial charge in [0.2, 0.25) is 0 Å². The number of amides is 1. The average molecular weight is 399 g/mol. The van der Waals surface area contributed by atoms with Crippen molar-refractivity contribution in [3.8, 4) is 11.1 Å². The van der Waals surface area contributed by atoms with Gasteiger partial charge in [0.25, 0.3) is 5.91 Å². The van der Waals surface area contributed by atoms with Crippen LogP contribution in [0.1, 0.15) is 10.4 Å². The molecule has 0 aliphatic carbocycles. The monoisotopic (exact) mass is 399 g/mol. The molecule has 0 heterocycles. The first kappa shape index (κ1) is 14.8. The van der Waals surface area contributed by atoms with Gasteiger partial charge in [-0.3, -0.25) is 4.79 Å². The highest BCUT2D eigenvalue weighted by Gasteiger charge is 2.08. The molecular formula is C19H14INO. The van der Waals surface area contributed by atoms with E-state index < -0.39 is 0 Å². The zero-order valence-electron chi connectivity index (χ0n) is 11.8. The van der Waals surface area contributed by atoms with Crippen LogP contribution in [0.25, 0.3) is 11.1 Å². The van der Waals surface area contributed by atoms with Gasteiger partial charge < -0.3 is 5.32 Å². The van der Waals surface area contributed by atoms with E-state index >= 15 is 0 Å². The molecular weight excluding hydrogens is 385 g/mol. The number of rotatable bonds is 3. The van der Waals surface area contributed by atoms with Crippen molar-refractivity contribution in [3.05, 3.63) is 88.0 Å². The summed E-state index contributed by atoms with van der Waals surface area (Å²) >= 11 is 2.21. The first-order valence-electron chi connectivity index (χ1n) is 6.95. The standard InChI is InChI=1S/C19H14INO/c20-17-8-4-5-9-18(17)21-19(22)16-12-10-15(11-13-16)14-6-2-1-3-7-14/h1-13H,(H,21,22). The molecule has 0 fully saturated rings. The van der Waals surface area contributed by atoms with Gasteiger partial charge in [-0.1, -0.05) is 54.6 Å². The number of halogens is 1. The van der Waals surface area contributed by atoms with Crippen LogP contribution in [0.4, 0.5) is 5.69 Å². The fourth-order valence-electron chi connectivity index (χ4n) is 2.20. The Hall–Kier alpha value is -2.14. The molecule has 22 heavy (non-hydrogen) atoms. The van der Waals surface area contributed by atoms with E-state index in [1.807, 2.05) is 66.7 Å². The number of hydrogen-bond acceptors (Lipinski definition) is 1. The maximum atomic E-state index is 12.3. The topological polar surface area (TPSA) is 29.1 Å². The number of carbonyl (C=O) groups is 1. The summed E-state index contributed by atoms with van der Waals surface area (Å²) in [5.41, 5.74) is 3.73. The summed E-state index contributed by atoms with van der Waals surface area (Å²) in [6.45, 7) is 0. The average Bonchev–Trinajstić information content (AvgIpc) is 2.58. The second kappa shape index (κ2) is 6.75. The van der Waals surface area contributed by atoms with Gasteiger partial charge in [-0.2, -0.15) is 0 Å². The molecule has 0 atom stereocenters. The molecule has 0 unspecified atom stereocenters. The summed E-state index contributed by atoms with van der Waals surface area (Å²) < 4.78 is 1.02. The second-order valence-electron chi connectivity index (χ2n) is 4.88. The lowest BCUT2D eigenvalue weighted by atomic mass is 10.0. The van der Waals surface area contributed by atoms with Crippen LogP contribution in [-0.4, -0.2) is 5.91 Å². The van der Waals surface area contributed by atoms with Gasteiger partial charge in [-0.15, -0.1) is 0 Å². The molecule has 0 radical (unpaired) electrons. The lowest BCUT2D eigenvalue weighted by molar-refractivity contribution is 0.102. The Balaban J connectivity index is 1.78. The third-order valence-electron chi connectivity index (χ3n) is 3.38. The van der Waals surface area contributed by atoms with Crippen LogP contribution in [0.2, 0.25) is 0 Å². The minimum Gasteiger partial charge on any atom is -0.321 e. The SMILES string of the molecule is O=C(Nc1ccccc1I)c1ccc(-c2ccccc2)cc1. The van der Waals surface area contributed by atoms with Gasteiger partial charge in [0, 0.05) is 9.13 Å². The van der Waals surface area contributed by atoms with Crippen molar-refractivity contribution < 1.29 is 4.79 Å². The number of hydrogen-bond donors (Lipinski definition) is 1. The molecule has 0 spiro atoms. The van der Waals surface area contributed by atoms with Crippen LogP contribution < -0.4 is 5.32 Å². The van der Waals surface area contributed by atoms with E-state index in [0.717, 1.165) is 20.4 Å². The first-order chi connectivity index (χ1) is 10.7. The van der Waals surface area contributed by atoms with Crippen molar-refractivity contribution in [3.63, 3.8) is 0 Å². The minimum absolute atomic E-state index is 0.0938. The summed E-state index contributed by atoms with van der Waals surface area (Å²) in [6.07, 6.45) is 0. The lowest BCUT2D eigenvalue weighted by Crippen LogP contribution is -2.12. The van der Waals surface area contributed by atoms with E-state index in [1.165, 1.54) is 0 Å². The lowest BCUT2D eigenvalue weighted by Gasteiger charge is -2.08. The number of anilines is 1. The number of nitrogens with one attached hydrogen (secondary N) is 1. The summed E-state index contributed by atoms with van der Waals surface area (Å²) in [4.78, 5) is 12.3. The van der Waals surface area contributed by atoms with Crippen LogP contribution in [0, 0.1) is 3.57 Å². The van der Waals surface area contributed by atoms with E-state index in [-0.39, 0.29) is 5.91 Å². The fourth-order valence-corrected chi connectivity index (χ4v) is 2.72. The highest BCUT2D eigenvalue weighted by atomic mass is 127. The molecule has 0 saturated carbocycles. The van der Waals surface area contributed by atoms with Crippen LogP contribution in [-0.2, 0) is 0 Å². The Labute approximate surface area is 143 Å². The van der Waals surface area contributed by atoms with Crippen molar-refractivity contribution in [1.82, 2.24) is 0 Å². The quantitative estimate of drug-likeness (QED) is 0.602. The molecule has 0 aliphatic rings. The van der Waals surface area contributed by atoms with Crippen molar-refractivity contribution in [2.24, 2.45) is 0 Å². The highest BCUT2D eigenvalue weighted by molar-refractivity contribution is 14.1. The van der Waals surface area contributed by atoms with Crippen LogP contribution in [0.15, 0.2) is 78.9 Å². The fraction of sp³-hybridized carbons (Fsp3) is 0. The van der Waals surface area contributed by atoms with Gasteiger partial charge in [0.1, 0.15) is 0 Å². The van der Waals surface area contributed by atoms with Gasteiger partial charge in [-0.05, 0) is 58.0 Å². The molecule has 1 amide bonds. The Morgan fingerprint density at radius 2 is 1.32 bits per heavy atom. The van der Waals surface area contributed by atoms with E-state index in [0.29, 0.717) is 5.56 Å². The Kier molecular flexibility index (Phi) is 4.53. The van der Waals surface area contributed by atoms with Crippen LogP contribution in [0.5, 0.6) is 0 Å². The molecule has 3 rings (SSSR count). The molecule has 108 valence electrons. The number of benzene rings is 3. The van der Waals surface area contributed by atoms with E-state index in [4.69, 9.17) is 0 Å². The summed E-state index contributed by atoms with van der Waals surface area (Å²) in [5.74, 6) is -0.0938. The van der Waals surface area contributed by atoms with Crippen molar-refractivity contribution in [2.75, 3.05) is 5.32 Å². The number of para-hydroxylation sites is 1. The molecule has 0 aliphatic heterocycles. The Bertz CT molecular complexity index is 782. The van der Waals surface area contributed by atoms with Gasteiger partial charge in [0.15, 0.2) is 0 Å². The van der Waals surface area contributed by atoms with E-state index in [9.17, 15) is 4.79 Å². The summed E-state index contributed by atoms with van der Waals surface area (Å²) in [6, 6.07) is 25.5. The predicted octanol–water partition coefficient (Wildman–Crippen LogP) is 5.21. The summed E-state index contributed by atoms with van der Waals surface area (Å²) in [5, 5.41) is 2.94. The molecule has 3 aromatic carbocycles. The maximum Gasteiger partial charge on any atom is 0.255 e. The third kappa shape index (κ3) is 3.36. The third-order valence-corrected chi connectivity index (χ3v) is 4.32. The molecule has 3 aromatic rings. The first-order valence-corrected chi connectivity index (χ1v) is 8.03. The molecule has 0 aromatic heterocycles. The molecule has 0 saturated heterocycles. The molecule has 0 bridgehead atoms. The molecule has 1 N–H and O–H groups in total.